The van der Waals surface area contributed by atoms with Gasteiger partial charge in [0.15, 0.2) is 0 Å². The lowest BCUT2D eigenvalue weighted by Crippen LogP contribution is -2.35. The number of nitrogens with zero attached hydrogens (tertiary/aromatic N) is 1. The normalized spacial score (nSPS) is 17.2. The lowest BCUT2D eigenvalue weighted by molar-refractivity contribution is 0.107. The molecule has 3 nitrogen and oxygen atoms in total. The van der Waals surface area contributed by atoms with E-state index >= 15 is 0 Å². The van der Waals surface area contributed by atoms with Crippen molar-refractivity contribution >= 4 is 5.84 Å². The first-order chi connectivity index (χ1) is 8.31. The molecule has 0 fully saturated rings. The Bertz CT molecular complexity index is 406. The molecule has 0 saturated carbocycles. The van der Waals surface area contributed by atoms with Gasteiger partial charge in [-0.3, -0.25) is 4.99 Å². The van der Waals surface area contributed by atoms with Crippen molar-refractivity contribution in [3.05, 3.63) is 35.6 Å². The van der Waals surface area contributed by atoms with Gasteiger partial charge in [0.1, 0.15) is 17.8 Å². The molecule has 1 N–H and O–H groups in total. The van der Waals surface area contributed by atoms with E-state index in [0.29, 0.717) is 6.61 Å². The molecule has 0 unspecified atom stereocenters. The third-order valence-electron chi connectivity index (χ3n) is 2.66. The first-order valence-corrected chi connectivity index (χ1v) is 5.96. The molecule has 0 radical (unpaired) electrons. The molecule has 1 aromatic carbocycles. The van der Waals surface area contributed by atoms with Gasteiger partial charge in [-0.2, -0.15) is 0 Å². The summed E-state index contributed by atoms with van der Waals surface area (Å²) in [5, 5.41) is 3.22. The van der Waals surface area contributed by atoms with Crippen LogP contribution in [0, 0.1) is 5.82 Å². The van der Waals surface area contributed by atoms with Crippen LogP contribution in [0.15, 0.2) is 29.3 Å². The number of aliphatic imine (C=N–C) groups is 1. The van der Waals surface area contributed by atoms with E-state index in [1.54, 1.807) is 6.07 Å². The number of rotatable bonds is 4. The van der Waals surface area contributed by atoms with Crippen LogP contribution in [0.25, 0.3) is 0 Å². The molecule has 1 aliphatic rings. The van der Waals surface area contributed by atoms with Crippen LogP contribution < -0.4 is 5.32 Å². The van der Waals surface area contributed by atoms with Crippen molar-refractivity contribution in [2.24, 2.45) is 4.99 Å². The van der Waals surface area contributed by atoms with Gasteiger partial charge in [-0.15, -0.1) is 0 Å². The lowest BCUT2D eigenvalue weighted by atomic mass is 10.1. The monoisotopic (exact) mass is 236 g/mol. The number of ether oxygens (including phenoxy) is 1. The molecule has 1 atom stereocenters. The van der Waals surface area contributed by atoms with Gasteiger partial charge in [0.25, 0.3) is 0 Å². The average molecular weight is 236 g/mol. The second-order valence-electron chi connectivity index (χ2n) is 3.94. The predicted molar refractivity (Wildman–Crippen MR) is 65.7 cm³/mol. The molecule has 0 amide bonds. The molecular weight excluding hydrogens is 219 g/mol. The van der Waals surface area contributed by atoms with Gasteiger partial charge < -0.3 is 10.1 Å². The number of halogens is 1. The van der Waals surface area contributed by atoms with Gasteiger partial charge in [0.05, 0.1) is 0 Å². The Morgan fingerprint density at radius 1 is 1.53 bits per heavy atom. The third-order valence-corrected chi connectivity index (χ3v) is 2.66. The van der Waals surface area contributed by atoms with Gasteiger partial charge in [-0.05, 0) is 31.0 Å². The Labute approximate surface area is 101 Å². The molecule has 2 rings (SSSR count). The number of hydrogen-bond donors (Lipinski definition) is 1. The molecule has 0 aromatic heterocycles. The average Bonchev–Trinajstić information content (AvgIpc) is 2.37. The minimum atomic E-state index is -0.281. The van der Waals surface area contributed by atoms with Gasteiger partial charge in [0, 0.05) is 19.7 Å². The second-order valence-corrected chi connectivity index (χ2v) is 3.94. The summed E-state index contributed by atoms with van der Waals surface area (Å²) in [4.78, 5) is 4.41. The summed E-state index contributed by atoms with van der Waals surface area (Å²) in [6.07, 6.45) is 0.752. The molecule has 0 spiro atoms. The molecule has 17 heavy (non-hydrogen) atoms. The fraction of sp³-hybridized carbons (Fsp3) is 0.462. The van der Waals surface area contributed by atoms with Crippen LogP contribution in [0.2, 0.25) is 0 Å². The van der Waals surface area contributed by atoms with Crippen LogP contribution in [-0.4, -0.2) is 25.5 Å². The maximum absolute atomic E-state index is 13.2. The molecule has 92 valence electrons. The summed E-state index contributed by atoms with van der Waals surface area (Å²) in [6.45, 7) is 4.20. The van der Waals surface area contributed by atoms with Gasteiger partial charge in [-0.25, -0.2) is 4.39 Å². The van der Waals surface area contributed by atoms with Crippen molar-refractivity contribution in [2.45, 2.75) is 19.4 Å². The molecule has 1 aliphatic heterocycles. The van der Waals surface area contributed by atoms with Crippen LogP contribution in [0.3, 0.4) is 0 Å². The molecule has 4 heteroatoms. The summed E-state index contributed by atoms with van der Waals surface area (Å²) in [6, 6.07) is 6.49. The highest BCUT2D eigenvalue weighted by atomic mass is 19.1. The Morgan fingerprint density at radius 3 is 3.06 bits per heavy atom. The van der Waals surface area contributed by atoms with E-state index in [1.807, 2.05) is 13.0 Å². The van der Waals surface area contributed by atoms with Crippen molar-refractivity contribution in [1.82, 2.24) is 5.32 Å². The second kappa shape index (κ2) is 5.77. The Hall–Kier alpha value is -1.42. The zero-order chi connectivity index (χ0) is 12.1. The molecule has 1 aromatic rings. The number of amidine groups is 1. The lowest BCUT2D eigenvalue weighted by Gasteiger charge is -2.23. The van der Waals surface area contributed by atoms with E-state index in [0.717, 1.165) is 30.9 Å². The summed E-state index contributed by atoms with van der Waals surface area (Å²) < 4.78 is 18.9. The highest BCUT2D eigenvalue weighted by molar-refractivity contribution is 5.88. The van der Waals surface area contributed by atoms with E-state index in [-0.39, 0.29) is 11.9 Å². The highest BCUT2D eigenvalue weighted by Gasteiger charge is 2.20. The first kappa shape index (κ1) is 12.0. The standard InChI is InChI=1S/C13H17FN2O/c1-2-17-12(13-15-7-4-8-16-13)10-5-3-6-11(14)9-10/h3,5-6,9,12H,2,4,7-8H2,1H3,(H,15,16)/t12-/m1/s1. The van der Waals surface area contributed by atoms with Crippen LogP contribution >= 0.6 is 0 Å². The smallest absolute Gasteiger partial charge is 0.139 e. The number of benzene rings is 1. The van der Waals surface area contributed by atoms with E-state index in [1.165, 1.54) is 12.1 Å². The van der Waals surface area contributed by atoms with Crippen LogP contribution in [0.4, 0.5) is 4.39 Å². The van der Waals surface area contributed by atoms with Crippen molar-refractivity contribution < 1.29 is 9.13 Å². The van der Waals surface area contributed by atoms with Gasteiger partial charge in [-0.1, -0.05) is 12.1 Å². The first-order valence-electron chi connectivity index (χ1n) is 5.96. The molecule has 0 bridgehead atoms. The number of nitrogens with one attached hydrogen (secondary N) is 1. The molecule has 1 heterocycles. The van der Waals surface area contributed by atoms with Crippen LogP contribution in [0.5, 0.6) is 0 Å². The van der Waals surface area contributed by atoms with Crippen LogP contribution in [-0.2, 0) is 4.74 Å². The topological polar surface area (TPSA) is 33.6 Å². The Kier molecular flexibility index (Phi) is 4.09. The maximum Gasteiger partial charge on any atom is 0.139 e. The summed E-state index contributed by atoms with van der Waals surface area (Å²) in [5.41, 5.74) is 0.806. The Morgan fingerprint density at radius 2 is 2.41 bits per heavy atom. The SMILES string of the molecule is CCO[C@@H](C1=NCCCN1)c1cccc(F)c1. The Balaban J connectivity index is 2.24. The van der Waals surface area contributed by atoms with Crippen molar-refractivity contribution in [3.8, 4) is 0 Å². The summed E-state index contributed by atoms with van der Waals surface area (Å²) in [7, 11) is 0. The van der Waals surface area contributed by atoms with E-state index < -0.39 is 0 Å². The third kappa shape index (κ3) is 3.03. The summed E-state index contributed by atoms with van der Waals surface area (Å²) >= 11 is 0. The minimum Gasteiger partial charge on any atom is -0.371 e. The molecule has 0 saturated heterocycles. The van der Waals surface area contributed by atoms with Crippen molar-refractivity contribution in [2.75, 3.05) is 19.7 Å². The fourth-order valence-electron chi connectivity index (χ4n) is 1.90. The maximum atomic E-state index is 13.2. The zero-order valence-electron chi connectivity index (χ0n) is 9.95. The minimum absolute atomic E-state index is 0.247. The van der Waals surface area contributed by atoms with Crippen molar-refractivity contribution in [1.29, 1.82) is 0 Å². The van der Waals surface area contributed by atoms with E-state index in [9.17, 15) is 4.39 Å². The van der Waals surface area contributed by atoms with Gasteiger partial charge >= 0.3 is 0 Å². The number of hydrogen-bond acceptors (Lipinski definition) is 3. The van der Waals surface area contributed by atoms with E-state index in [4.69, 9.17) is 4.74 Å². The quantitative estimate of drug-likeness (QED) is 0.870. The predicted octanol–water partition coefficient (Wildman–Crippen LogP) is 2.30. The highest BCUT2D eigenvalue weighted by Crippen LogP contribution is 2.20. The largest absolute Gasteiger partial charge is 0.371 e. The molecular formula is C13H17FN2O. The van der Waals surface area contributed by atoms with E-state index in [2.05, 4.69) is 10.3 Å². The molecule has 0 aliphatic carbocycles. The fourth-order valence-corrected chi connectivity index (χ4v) is 1.90. The summed E-state index contributed by atoms with van der Waals surface area (Å²) in [5.74, 6) is 0.562. The van der Waals surface area contributed by atoms with Gasteiger partial charge in [0.2, 0.25) is 0 Å². The van der Waals surface area contributed by atoms with Crippen LogP contribution in [0.1, 0.15) is 25.0 Å². The van der Waals surface area contributed by atoms with Crippen molar-refractivity contribution in [3.63, 3.8) is 0 Å². The zero-order valence-corrected chi connectivity index (χ0v) is 9.95.